The number of amides is 1. The minimum atomic E-state index is -0.381. The summed E-state index contributed by atoms with van der Waals surface area (Å²) in [6, 6.07) is 9.74. The number of hydrogen-bond acceptors (Lipinski definition) is 4. The molecule has 0 saturated heterocycles. The molecule has 0 heterocycles. The van der Waals surface area contributed by atoms with Crippen LogP contribution in [0.5, 0.6) is 11.5 Å². The highest BCUT2D eigenvalue weighted by Gasteiger charge is 2.12. The van der Waals surface area contributed by atoms with Crippen molar-refractivity contribution in [2.45, 2.75) is 26.4 Å². The zero-order valence-corrected chi connectivity index (χ0v) is 16.5. The number of ether oxygens (including phenoxy) is 1. The Morgan fingerprint density at radius 3 is 2.54 bits per heavy atom. The maximum absolute atomic E-state index is 12.4. The molecule has 1 atom stereocenters. The minimum absolute atomic E-state index is 0.0556. The molecule has 2 aromatic carbocycles. The number of aromatic hydroxyl groups is 1. The number of anilines is 1. The molecule has 0 saturated carbocycles. The molecule has 5 nitrogen and oxygen atoms in total. The number of thiocarbonyl (C=S) groups is 1. The first kappa shape index (κ1) is 20.3. The Balaban J connectivity index is 2.03. The Labute approximate surface area is 167 Å². The molecule has 0 aliphatic heterocycles. The molecule has 2 aromatic rings. The smallest absolute Gasteiger partial charge is 0.257 e. The van der Waals surface area contributed by atoms with Gasteiger partial charge < -0.3 is 15.2 Å². The molecular formula is C18H18Cl2N2O3S. The molecule has 26 heavy (non-hydrogen) atoms. The number of carbonyl (C=O) groups is 1. The number of hydrogen-bond donors (Lipinski definition) is 3. The average molecular weight is 413 g/mol. The van der Waals surface area contributed by atoms with E-state index in [1.165, 1.54) is 12.1 Å². The lowest BCUT2D eigenvalue weighted by Crippen LogP contribution is -2.34. The van der Waals surface area contributed by atoms with Crippen LogP contribution in [-0.4, -0.2) is 22.2 Å². The van der Waals surface area contributed by atoms with Gasteiger partial charge in [0.1, 0.15) is 5.75 Å². The van der Waals surface area contributed by atoms with Crippen LogP contribution in [0.4, 0.5) is 5.69 Å². The molecule has 2 rings (SSSR count). The summed E-state index contributed by atoms with van der Waals surface area (Å²) < 4.78 is 5.71. The van der Waals surface area contributed by atoms with Gasteiger partial charge in [-0.1, -0.05) is 36.2 Å². The fourth-order valence-corrected chi connectivity index (χ4v) is 2.70. The van der Waals surface area contributed by atoms with Crippen molar-refractivity contribution < 1.29 is 14.6 Å². The number of nitrogens with one attached hydrogen (secondary N) is 2. The third-order valence-corrected chi connectivity index (χ3v) is 4.29. The summed E-state index contributed by atoms with van der Waals surface area (Å²) in [5, 5.41) is 15.1. The van der Waals surface area contributed by atoms with Gasteiger partial charge >= 0.3 is 0 Å². The van der Waals surface area contributed by atoms with Crippen LogP contribution in [0, 0.1) is 0 Å². The summed E-state index contributed by atoms with van der Waals surface area (Å²) in [5.74, 6) is 0.0167. The molecule has 0 aliphatic rings. The molecule has 138 valence electrons. The zero-order chi connectivity index (χ0) is 19.3. The topological polar surface area (TPSA) is 70.6 Å². The van der Waals surface area contributed by atoms with Crippen molar-refractivity contribution in [1.82, 2.24) is 5.32 Å². The van der Waals surface area contributed by atoms with Crippen molar-refractivity contribution >= 4 is 52.1 Å². The molecular weight excluding hydrogens is 395 g/mol. The van der Waals surface area contributed by atoms with Crippen LogP contribution in [0.2, 0.25) is 10.0 Å². The highest BCUT2D eigenvalue weighted by Crippen LogP contribution is 2.34. The Morgan fingerprint density at radius 2 is 1.92 bits per heavy atom. The van der Waals surface area contributed by atoms with Crippen LogP contribution in [-0.2, 0) is 0 Å². The normalized spacial score (nSPS) is 11.5. The van der Waals surface area contributed by atoms with E-state index in [4.69, 9.17) is 40.2 Å². The van der Waals surface area contributed by atoms with Crippen LogP contribution in [0.15, 0.2) is 36.4 Å². The first-order valence-corrected chi connectivity index (χ1v) is 9.03. The lowest BCUT2D eigenvalue weighted by molar-refractivity contribution is 0.0977. The summed E-state index contributed by atoms with van der Waals surface area (Å²) in [4.78, 5) is 12.4. The summed E-state index contributed by atoms with van der Waals surface area (Å²) in [7, 11) is 0. The third kappa shape index (κ3) is 5.49. The Kier molecular flexibility index (Phi) is 7.08. The molecule has 0 fully saturated rings. The van der Waals surface area contributed by atoms with Crippen LogP contribution in [0.3, 0.4) is 0 Å². The SMILES string of the molecule is CC[C@H](C)Oc1cccc(C(=O)NC(=S)Nc2cc(Cl)c(O)c(Cl)c2)c1. The van der Waals surface area contributed by atoms with E-state index in [0.29, 0.717) is 17.0 Å². The maximum Gasteiger partial charge on any atom is 0.257 e. The number of phenols is 1. The van der Waals surface area contributed by atoms with E-state index in [0.717, 1.165) is 6.42 Å². The van der Waals surface area contributed by atoms with Gasteiger partial charge in [0.15, 0.2) is 10.9 Å². The highest BCUT2D eigenvalue weighted by molar-refractivity contribution is 7.80. The van der Waals surface area contributed by atoms with E-state index in [1.807, 2.05) is 13.8 Å². The standard InChI is InChI=1S/C18H18Cl2N2O3S/c1-3-10(2)25-13-6-4-5-11(7-13)17(24)22-18(26)21-12-8-14(19)16(23)15(20)9-12/h4-10,23H,3H2,1-2H3,(H2,21,22,24,26)/t10-/m0/s1. The zero-order valence-electron chi connectivity index (χ0n) is 14.2. The molecule has 0 bridgehead atoms. The second-order valence-electron chi connectivity index (χ2n) is 5.56. The number of halogens is 2. The number of rotatable bonds is 5. The fraction of sp³-hybridized carbons (Fsp3) is 0.222. The van der Waals surface area contributed by atoms with Gasteiger partial charge in [0, 0.05) is 11.3 Å². The first-order chi connectivity index (χ1) is 12.3. The summed E-state index contributed by atoms with van der Waals surface area (Å²) in [5.41, 5.74) is 0.855. The second-order valence-corrected chi connectivity index (χ2v) is 6.78. The Morgan fingerprint density at radius 1 is 1.27 bits per heavy atom. The van der Waals surface area contributed by atoms with E-state index in [9.17, 15) is 9.90 Å². The molecule has 1 amide bonds. The van der Waals surface area contributed by atoms with E-state index >= 15 is 0 Å². The van der Waals surface area contributed by atoms with Crippen LogP contribution in [0.1, 0.15) is 30.6 Å². The van der Waals surface area contributed by atoms with Crippen molar-refractivity contribution in [2.75, 3.05) is 5.32 Å². The van der Waals surface area contributed by atoms with Gasteiger partial charge in [0.2, 0.25) is 0 Å². The van der Waals surface area contributed by atoms with Gasteiger partial charge in [0.25, 0.3) is 5.91 Å². The maximum atomic E-state index is 12.4. The number of carbonyl (C=O) groups excluding carboxylic acids is 1. The van der Waals surface area contributed by atoms with Gasteiger partial charge in [-0.15, -0.1) is 0 Å². The highest BCUT2D eigenvalue weighted by atomic mass is 35.5. The molecule has 0 spiro atoms. The summed E-state index contributed by atoms with van der Waals surface area (Å²) >= 11 is 16.8. The van der Waals surface area contributed by atoms with Gasteiger partial charge in [-0.05, 0) is 55.9 Å². The molecule has 0 unspecified atom stereocenters. The first-order valence-electron chi connectivity index (χ1n) is 7.87. The Hall–Kier alpha value is -2.02. The van der Waals surface area contributed by atoms with Crippen molar-refractivity contribution in [3.05, 3.63) is 52.0 Å². The van der Waals surface area contributed by atoms with Crippen molar-refractivity contribution in [3.63, 3.8) is 0 Å². The largest absolute Gasteiger partial charge is 0.505 e. The van der Waals surface area contributed by atoms with Crippen LogP contribution in [0.25, 0.3) is 0 Å². The quantitative estimate of drug-likeness (QED) is 0.475. The molecule has 0 radical (unpaired) electrons. The van der Waals surface area contributed by atoms with Crippen LogP contribution >= 0.6 is 35.4 Å². The third-order valence-electron chi connectivity index (χ3n) is 3.51. The van der Waals surface area contributed by atoms with Crippen molar-refractivity contribution in [1.29, 1.82) is 0 Å². The fourth-order valence-electron chi connectivity index (χ4n) is 2.00. The van der Waals surface area contributed by atoms with Crippen molar-refractivity contribution in [3.8, 4) is 11.5 Å². The lowest BCUT2D eigenvalue weighted by atomic mass is 10.2. The summed E-state index contributed by atoms with van der Waals surface area (Å²) in [6.45, 7) is 3.98. The number of benzene rings is 2. The Bertz CT molecular complexity index is 807. The van der Waals surface area contributed by atoms with Crippen LogP contribution < -0.4 is 15.4 Å². The van der Waals surface area contributed by atoms with Gasteiger partial charge in [0.05, 0.1) is 16.1 Å². The molecule has 8 heteroatoms. The van der Waals surface area contributed by atoms with Gasteiger partial charge in [-0.2, -0.15) is 0 Å². The van der Waals surface area contributed by atoms with Gasteiger partial charge in [-0.25, -0.2) is 0 Å². The summed E-state index contributed by atoms with van der Waals surface area (Å²) in [6.07, 6.45) is 0.919. The molecule has 3 N–H and O–H groups in total. The van der Waals surface area contributed by atoms with Gasteiger partial charge in [-0.3, -0.25) is 10.1 Å². The second kappa shape index (κ2) is 9.07. The average Bonchev–Trinajstić information content (AvgIpc) is 2.59. The minimum Gasteiger partial charge on any atom is -0.505 e. The monoisotopic (exact) mass is 412 g/mol. The predicted octanol–water partition coefficient (Wildman–Crippen LogP) is 5.00. The molecule has 0 aliphatic carbocycles. The van der Waals surface area contributed by atoms with E-state index in [1.54, 1.807) is 24.3 Å². The number of phenolic OH excluding ortho intramolecular Hbond substituents is 1. The lowest BCUT2D eigenvalue weighted by Gasteiger charge is -2.14. The van der Waals surface area contributed by atoms with E-state index < -0.39 is 0 Å². The predicted molar refractivity (Wildman–Crippen MR) is 109 cm³/mol. The molecule has 0 aromatic heterocycles. The van der Waals surface area contributed by atoms with Crippen molar-refractivity contribution in [2.24, 2.45) is 0 Å². The van der Waals surface area contributed by atoms with E-state index in [2.05, 4.69) is 10.6 Å². The van der Waals surface area contributed by atoms with E-state index in [-0.39, 0.29) is 32.9 Å².